The second-order valence-electron chi connectivity index (χ2n) is 2.83. The first-order chi connectivity index (χ1) is 6.50. The van der Waals surface area contributed by atoms with E-state index in [-0.39, 0.29) is 0 Å². The van der Waals surface area contributed by atoms with Crippen molar-refractivity contribution in [3.05, 3.63) is 28.2 Å². The Balaban J connectivity index is 2.85. The molecule has 5 heteroatoms. The van der Waals surface area contributed by atoms with E-state index in [1.165, 1.54) is 6.92 Å². The Kier molecular flexibility index (Phi) is 3.61. The molecule has 0 spiro atoms. The lowest BCUT2D eigenvalue weighted by Gasteiger charge is -2.12. The Labute approximate surface area is 91.6 Å². The van der Waals surface area contributed by atoms with Crippen molar-refractivity contribution in [1.29, 1.82) is 0 Å². The van der Waals surface area contributed by atoms with Gasteiger partial charge in [0.05, 0.1) is 10.7 Å². The van der Waals surface area contributed by atoms with Gasteiger partial charge in [0.1, 0.15) is 6.04 Å². The van der Waals surface area contributed by atoms with Crippen LogP contribution in [-0.4, -0.2) is 17.1 Å². The number of halogens is 2. The Bertz CT molecular complexity index is 355. The fourth-order valence-corrected chi connectivity index (χ4v) is 1.25. The SMILES string of the molecule is C[C@H](Nc1cc(Cl)ccc1Cl)C(=O)O. The predicted molar refractivity (Wildman–Crippen MR) is 57.2 cm³/mol. The van der Waals surface area contributed by atoms with E-state index in [1.54, 1.807) is 18.2 Å². The molecule has 0 aliphatic heterocycles. The van der Waals surface area contributed by atoms with E-state index in [0.29, 0.717) is 15.7 Å². The average molecular weight is 234 g/mol. The van der Waals surface area contributed by atoms with E-state index in [4.69, 9.17) is 28.3 Å². The molecular weight excluding hydrogens is 225 g/mol. The van der Waals surface area contributed by atoms with E-state index < -0.39 is 12.0 Å². The maximum atomic E-state index is 10.6. The smallest absolute Gasteiger partial charge is 0.325 e. The molecule has 0 heterocycles. The molecule has 0 bridgehead atoms. The van der Waals surface area contributed by atoms with Gasteiger partial charge in [-0.2, -0.15) is 0 Å². The van der Waals surface area contributed by atoms with Gasteiger partial charge in [0.25, 0.3) is 0 Å². The maximum Gasteiger partial charge on any atom is 0.325 e. The quantitative estimate of drug-likeness (QED) is 0.845. The zero-order chi connectivity index (χ0) is 10.7. The van der Waals surface area contributed by atoms with Crippen LogP contribution in [0.1, 0.15) is 6.92 Å². The molecular formula is C9H9Cl2NO2. The van der Waals surface area contributed by atoms with Gasteiger partial charge < -0.3 is 10.4 Å². The molecule has 1 atom stereocenters. The normalized spacial score (nSPS) is 12.2. The third kappa shape index (κ3) is 2.79. The van der Waals surface area contributed by atoms with Crippen molar-refractivity contribution in [3.8, 4) is 0 Å². The van der Waals surface area contributed by atoms with Crippen LogP contribution < -0.4 is 5.32 Å². The summed E-state index contributed by atoms with van der Waals surface area (Å²) in [6, 6.07) is 4.14. The van der Waals surface area contributed by atoms with Gasteiger partial charge in [0, 0.05) is 5.02 Å². The highest BCUT2D eigenvalue weighted by Gasteiger charge is 2.11. The molecule has 0 aromatic heterocycles. The third-order valence-electron chi connectivity index (χ3n) is 1.67. The van der Waals surface area contributed by atoms with Crippen molar-refractivity contribution in [2.45, 2.75) is 13.0 Å². The second kappa shape index (κ2) is 4.53. The summed E-state index contributed by atoms with van der Waals surface area (Å²) in [6.45, 7) is 1.53. The number of carbonyl (C=O) groups is 1. The minimum Gasteiger partial charge on any atom is -0.480 e. The van der Waals surface area contributed by atoms with Crippen molar-refractivity contribution in [1.82, 2.24) is 0 Å². The first-order valence-electron chi connectivity index (χ1n) is 3.95. The number of nitrogens with one attached hydrogen (secondary N) is 1. The van der Waals surface area contributed by atoms with Gasteiger partial charge in [0.2, 0.25) is 0 Å². The highest BCUT2D eigenvalue weighted by atomic mass is 35.5. The van der Waals surface area contributed by atoms with Gasteiger partial charge in [-0.1, -0.05) is 23.2 Å². The fraction of sp³-hybridized carbons (Fsp3) is 0.222. The molecule has 76 valence electrons. The van der Waals surface area contributed by atoms with Gasteiger partial charge in [-0.05, 0) is 25.1 Å². The standard InChI is InChI=1S/C9H9Cl2NO2/c1-5(9(13)14)12-8-4-6(10)2-3-7(8)11/h2-5,12H,1H3,(H,13,14)/t5-/m0/s1. The molecule has 0 aliphatic carbocycles. The molecule has 1 aromatic rings. The zero-order valence-electron chi connectivity index (χ0n) is 7.42. The lowest BCUT2D eigenvalue weighted by Crippen LogP contribution is -2.25. The van der Waals surface area contributed by atoms with Crippen LogP contribution in [0, 0.1) is 0 Å². The van der Waals surface area contributed by atoms with Crippen LogP contribution in [0.5, 0.6) is 0 Å². The molecule has 0 aliphatic rings. The number of carboxylic acid groups (broad SMARTS) is 1. The van der Waals surface area contributed by atoms with Crippen molar-refractivity contribution in [2.75, 3.05) is 5.32 Å². The molecule has 0 saturated heterocycles. The van der Waals surface area contributed by atoms with Crippen LogP contribution in [0.4, 0.5) is 5.69 Å². The van der Waals surface area contributed by atoms with Crippen molar-refractivity contribution in [2.24, 2.45) is 0 Å². The molecule has 0 radical (unpaired) electrons. The van der Waals surface area contributed by atoms with E-state index in [1.807, 2.05) is 0 Å². The molecule has 2 N–H and O–H groups in total. The number of anilines is 1. The fourth-order valence-electron chi connectivity index (χ4n) is 0.903. The number of hydrogen-bond donors (Lipinski definition) is 2. The maximum absolute atomic E-state index is 10.6. The lowest BCUT2D eigenvalue weighted by atomic mass is 10.2. The summed E-state index contributed by atoms with van der Waals surface area (Å²) >= 11 is 11.6. The number of benzene rings is 1. The van der Waals surface area contributed by atoms with Crippen molar-refractivity contribution < 1.29 is 9.90 Å². The summed E-state index contributed by atoms with van der Waals surface area (Å²) in [6.07, 6.45) is 0. The average Bonchev–Trinajstić information content (AvgIpc) is 2.11. The lowest BCUT2D eigenvalue weighted by molar-refractivity contribution is -0.137. The number of aliphatic carboxylic acids is 1. The van der Waals surface area contributed by atoms with Gasteiger partial charge in [-0.3, -0.25) is 4.79 Å². The second-order valence-corrected chi connectivity index (χ2v) is 3.67. The van der Waals surface area contributed by atoms with Gasteiger partial charge in [-0.15, -0.1) is 0 Å². The topological polar surface area (TPSA) is 49.3 Å². The summed E-state index contributed by atoms with van der Waals surface area (Å²) < 4.78 is 0. The van der Waals surface area contributed by atoms with Crippen molar-refractivity contribution in [3.63, 3.8) is 0 Å². The molecule has 14 heavy (non-hydrogen) atoms. The molecule has 0 amide bonds. The summed E-state index contributed by atoms with van der Waals surface area (Å²) in [7, 11) is 0. The molecule has 1 aromatic carbocycles. The minimum atomic E-state index is -0.943. The number of carboxylic acids is 1. The zero-order valence-corrected chi connectivity index (χ0v) is 8.93. The van der Waals surface area contributed by atoms with E-state index in [0.717, 1.165) is 0 Å². The Morgan fingerprint density at radius 1 is 1.50 bits per heavy atom. The van der Waals surface area contributed by atoms with Crippen LogP contribution >= 0.6 is 23.2 Å². The molecule has 3 nitrogen and oxygen atoms in total. The van der Waals surface area contributed by atoms with E-state index >= 15 is 0 Å². The highest BCUT2D eigenvalue weighted by molar-refractivity contribution is 6.35. The summed E-state index contributed by atoms with van der Waals surface area (Å²) in [4.78, 5) is 10.6. The van der Waals surface area contributed by atoms with Crippen LogP contribution in [0.25, 0.3) is 0 Å². The van der Waals surface area contributed by atoms with Crippen LogP contribution in [-0.2, 0) is 4.79 Å². The van der Waals surface area contributed by atoms with Crippen LogP contribution in [0.2, 0.25) is 10.0 Å². The number of rotatable bonds is 3. The highest BCUT2D eigenvalue weighted by Crippen LogP contribution is 2.25. The Morgan fingerprint density at radius 3 is 2.71 bits per heavy atom. The third-order valence-corrected chi connectivity index (χ3v) is 2.24. The number of hydrogen-bond acceptors (Lipinski definition) is 2. The largest absolute Gasteiger partial charge is 0.480 e. The molecule has 0 fully saturated rings. The molecule has 0 saturated carbocycles. The Morgan fingerprint density at radius 2 is 2.14 bits per heavy atom. The van der Waals surface area contributed by atoms with Crippen LogP contribution in [0.15, 0.2) is 18.2 Å². The van der Waals surface area contributed by atoms with Crippen LogP contribution in [0.3, 0.4) is 0 Å². The first kappa shape index (κ1) is 11.1. The van der Waals surface area contributed by atoms with E-state index in [9.17, 15) is 4.79 Å². The molecule has 1 rings (SSSR count). The van der Waals surface area contributed by atoms with Crippen molar-refractivity contribution >= 4 is 34.9 Å². The van der Waals surface area contributed by atoms with E-state index in [2.05, 4.69) is 5.32 Å². The van der Waals surface area contributed by atoms with Gasteiger partial charge in [0.15, 0.2) is 0 Å². The predicted octanol–water partition coefficient (Wildman–Crippen LogP) is 2.88. The summed E-state index contributed by atoms with van der Waals surface area (Å²) in [5.41, 5.74) is 0.522. The summed E-state index contributed by atoms with van der Waals surface area (Å²) in [5.74, 6) is -0.943. The minimum absolute atomic E-state index is 0.447. The van der Waals surface area contributed by atoms with Gasteiger partial charge in [-0.25, -0.2) is 0 Å². The van der Waals surface area contributed by atoms with Gasteiger partial charge >= 0.3 is 5.97 Å². The summed E-state index contributed by atoms with van der Waals surface area (Å²) in [5, 5.41) is 12.4. The molecule has 0 unspecified atom stereocenters. The first-order valence-corrected chi connectivity index (χ1v) is 4.70. The Hall–Kier alpha value is -0.930. The monoisotopic (exact) mass is 233 g/mol.